The summed E-state index contributed by atoms with van der Waals surface area (Å²) in [6.07, 6.45) is 1.77. The molecule has 0 bridgehead atoms. The molecule has 0 unspecified atom stereocenters. The first-order valence-electron chi connectivity index (χ1n) is 11.8. The minimum Gasteiger partial charge on any atom is -0.352 e. The van der Waals surface area contributed by atoms with Gasteiger partial charge in [-0.25, -0.2) is 4.68 Å². The number of hydrogen-bond acceptors (Lipinski definition) is 5. The van der Waals surface area contributed by atoms with Crippen LogP contribution in [-0.2, 0) is 4.79 Å². The maximum absolute atomic E-state index is 13.2. The van der Waals surface area contributed by atoms with Crippen molar-refractivity contribution in [1.82, 2.24) is 20.0 Å². The van der Waals surface area contributed by atoms with Gasteiger partial charge in [0.05, 0.1) is 28.4 Å². The van der Waals surface area contributed by atoms with Gasteiger partial charge in [-0.15, -0.1) is 5.10 Å². The molecule has 1 aliphatic heterocycles. The number of carbonyl (C=O) groups is 1. The SMILES string of the molecule is Cc1ccc(C)c(NC(=O)[C@@H]2CCCN(c3nnc(C)c4c(C)n(-c5ccccc5)nc34)C2)c1. The van der Waals surface area contributed by atoms with Gasteiger partial charge < -0.3 is 10.2 Å². The van der Waals surface area contributed by atoms with Crippen molar-refractivity contribution in [2.24, 2.45) is 5.92 Å². The first-order chi connectivity index (χ1) is 16.4. The zero-order valence-corrected chi connectivity index (χ0v) is 20.2. The number of benzene rings is 2. The number of carbonyl (C=O) groups excluding carboxylic acids is 1. The molecule has 0 radical (unpaired) electrons. The Morgan fingerprint density at radius 3 is 2.62 bits per heavy atom. The Labute approximate surface area is 199 Å². The fourth-order valence-electron chi connectivity index (χ4n) is 4.83. The van der Waals surface area contributed by atoms with Gasteiger partial charge in [0.1, 0.15) is 5.52 Å². The van der Waals surface area contributed by atoms with Crippen molar-refractivity contribution in [3.05, 3.63) is 71.0 Å². The molecule has 3 heterocycles. The first-order valence-corrected chi connectivity index (χ1v) is 11.8. The van der Waals surface area contributed by atoms with Gasteiger partial charge in [-0.1, -0.05) is 30.3 Å². The number of nitrogens with one attached hydrogen (secondary N) is 1. The van der Waals surface area contributed by atoms with Crippen LogP contribution in [0.1, 0.15) is 35.4 Å². The molecule has 4 aromatic rings. The minimum atomic E-state index is -0.121. The lowest BCUT2D eigenvalue weighted by Crippen LogP contribution is -2.41. The number of amides is 1. The molecule has 1 aliphatic rings. The molecule has 2 aromatic heterocycles. The number of nitrogens with zero attached hydrogens (tertiary/aromatic N) is 5. The molecule has 0 aliphatic carbocycles. The number of piperidine rings is 1. The van der Waals surface area contributed by atoms with Gasteiger partial charge in [0.15, 0.2) is 5.82 Å². The second-order valence-corrected chi connectivity index (χ2v) is 9.26. The standard InChI is InChI=1S/C27H30N6O/c1-17-12-13-18(2)23(15-17)28-27(34)21-9-8-14-32(16-21)26-25-24(19(3)29-30-26)20(4)33(31-25)22-10-6-5-7-11-22/h5-7,10-13,15,21H,8-9,14,16H2,1-4H3,(H,28,34)/t21-/m1/s1. The number of fused-ring (bicyclic) bond motifs is 1. The van der Waals surface area contributed by atoms with E-state index < -0.39 is 0 Å². The fourth-order valence-corrected chi connectivity index (χ4v) is 4.83. The molecular weight excluding hydrogens is 424 g/mol. The number of rotatable bonds is 4. The van der Waals surface area contributed by atoms with Gasteiger partial charge in [0.2, 0.25) is 5.91 Å². The summed E-state index contributed by atoms with van der Waals surface area (Å²) in [7, 11) is 0. The Balaban J connectivity index is 1.45. The van der Waals surface area contributed by atoms with Crippen molar-refractivity contribution in [2.45, 2.75) is 40.5 Å². The van der Waals surface area contributed by atoms with Gasteiger partial charge in [-0.2, -0.15) is 10.2 Å². The third-order valence-electron chi connectivity index (χ3n) is 6.73. The Kier molecular flexibility index (Phi) is 5.77. The molecule has 174 valence electrons. The molecule has 7 nitrogen and oxygen atoms in total. The second kappa shape index (κ2) is 8.89. The summed E-state index contributed by atoms with van der Waals surface area (Å²) in [6.45, 7) is 9.52. The van der Waals surface area contributed by atoms with Crippen molar-refractivity contribution in [2.75, 3.05) is 23.3 Å². The van der Waals surface area contributed by atoms with Crippen LogP contribution < -0.4 is 10.2 Å². The number of para-hydroxylation sites is 1. The first kappa shape index (κ1) is 22.1. The van der Waals surface area contributed by atoms with Crippen molar-refractivity contribution >= 4 is 28.3 Å². The molecule has 5 rings (SSSR count). The summed E-state index contributed by atoms with van der Waals surface area (Å²) < 4.78 is 1.96. The lowest BCUT2D eigenvalue weighted by atomic mass is 9.96. The summed E-state index contributed by atoms with van der Waals surface area (Å²) in [4.78, 5) is 15.3. The van der Waals surface area contributed by atoms with Crippen molar-refractivity contribution < 1.29 is 4.79 Å². The lowest BCUT2D eigenvalue weighted by molar-refractivity contribution is -0.120. The molecule has 1 fully saturated rings. The second-order valence-electron chi connectivity index (χ2n) is 9.26. The topological polar surface area (TPSA) is 75.9 Å². The predicted molar refractivity (Wildman–Crippen MR) is 136 cm³/mol. The van der Waals surface area contributed by atoms with Crippen LogP contribution in [0.4, 0.5) is 11.5 Å². The van der Waals surface area contributed by atoms with Crippen LogP contribution in [0.5, 0.6) is 0 Å². The van der Waals surface area contributed by atoms with Gasteiger partial charge in [-0.05, 0) is 69.9 Å². The Hall–Kier alpha value is -3.74. The van der Waals surface area contributed by atoms with Crippen LogP contribution in [0, 0.1) is 33.6 Å². The van der Waals surface area contributed by atoms with E-state index in [0.29, 0.717) is 6.54 Å². The maximum Gasteiger partial charge on any atom is 0.229 e. The van der Waals surface area contributed by atoms with E-state index >= 15 is 0 Å². The van der Waals surface area contributed by atoms with Crippen LogP contribution in [0.3, 0.4) is 0 Å². The average Bonchev–Trinajstić information content (AvgIpc) is 3.20. The van der Waals surface area contributed by atoms with Crippen LogP contribution in [-0.4, -0.2) is 39.0 Å². The third kappa shape index (κ3) is 4.02. The molecular formula is C27H30N6O. The lowest BCUT2D eigenvalue weighted by Gasteiger charge is -2.32. The summed E-state index contributed by atoms with van der Waals surface area (Å²) in [6, 6.07) is 16.2. The smallest absolute Gasteiger partial charge is 0.229 e. The average molecular weight is 455 g/mol. The highest BCUT2D eigenvalue weighted by atomic mass is 16.1. The molecule has 34 heavy (non-hydrogen) atoms. The molecule has 1 amide bonds. The Bertz CT molecular complexity index is 1360. The zero-order chi connectivity index (χ0) is 23.8. The monoisotopic (exact) mass is 454 g/mol. The molecule has 0 spiro atoms. The molecule has 0 saturated carbocycles. The normalized spacial score (nSPS) is 16.1. The highest BCUT2D eigenvalue weighted by Crippen LogP contribution is 2.32. The predicted octanol–water partition coefficient (Wildman–Crippen LogP) is 4.90. The van der Waals surface area contributed by atoms with Gasteiger partial charge >= 0.3 is 0 Å². The third-order valence-corrected chi connectivity index (χ3v) is 6.73. The van der Waals surface area contributed by atoms with E-state index in [1.165, 1.54) is 0 Å². The van der Waals surface area contributed by atoms with Gasteiger partial charge in [0, 0.05) is 18.8 Å². The minimum absolute atomic E-state index is 0.0562. The van der Waals surface area contributed by atoms with Crippen LogP contribution in [0.2, 0.25) is 0 Å². The molecule has 2 aromatic carbocycles. The summed E-state index contributed by atoms with van der Waals surface area (Å²) in [5.41, 5.74) is 6.83. The van der Waals surface area contributed by atoms with E-state index in [9.17, 15) is 4.79 Å². The highest BCUT2D eigenvalue weighted by Gasteiger charge is 2.29. The summed E-state index contributed by atoms with van der Waals surface area (Å²) in [5, 5.41) is 18.1. The van der Waals surface area contributed by atoms with E-state index in [2.05, 4.69) is 33.4 Å². The number of anilines is 2. The zero-order valence-electron chi connectivity index (χ0n) is 20.2. The maximum atomic E-state index is 13.2. The van der Waals surface area contributed by atoms with E-state index in [4.69, 9.17) is 5.10 Å². The van der Waals surface area contributed by atoms with Crippen LogP contribution in [0.15, 0.2) is 48.5 Å². The van der Waals surface area contributed by atoms with Crippen molar-refractivity contribution in [3.63, 3.8) is 0 Å². The summed E-state index contributed by atoms with van der Waals surface area (Å²) in [5.74, 6) is 0.687. The van der Waals surface area contributed by atoms with Crippen molar-refractivity contribution in [1.29, 1.82) is 0 Å². The van der Waals surface area contributed by atoms with E-state index in [1.54, 1.807) is 0 Å². The number of aromatic nitrogens is 4. The van der Waals surface area contributed by atoms with E-state index in [0.717, 1.165) is 70.0 Å². The number of hydrogen-bond donors (Lipinski definition) is 1. The van der Waals surface area contributed by atoms with E-state index in [-0.39, 0.29) is 11.8 Å². The Morgan fingerprint density at radius 2 is 1.82 bits per heavy atom. The summed E-state index contributed by atoms with van der Waals surface area (Å²) >= 11 is 0. The van der Waals surface area contributed by atoms with Gasteiger partial charge in [0.25, 0.3) is 0 Å². The fraction of sp³-hybridized carbons (Fsp3) is 0.333. The van der Waals surface area contributed by atoms with Gasteiger partial charge in [-0.3, -0.25) is 4.79 Å². The quantitative estimate of drug-likeness (QED) is 0.474. The molecule has 7 heteroatoms. The molecule has 1 saturated heterocycles. The molecule has 1 N–H and O–H groups in total. The van der Waals surface area contributed by atoms with Crippen LogP contribution >= 0.6 is 0 Å². The Morgan fingerprint density at radius 1 is 1.03 bits per heavy atom. The highest BCUT2D eigenvalue weighted by molar-refractivity contribution is 5.95. The molecule has 1 atom stereocenters. The largest absolute Gasteiger partial charge is 0.352 e. The number of aryl methyl sites for hydroxylation is 4. The van der Waals surface area contributed by atoms with Crippen molar-refractivity contribution in [3.8, 4) is 5.69 Å². The van der Waals surface area contributed by atoms with Crippen LogP contribution in [0.25, 0.3) is 16.6 Å². The van der Waals surface area contributed by atoms with E-state index in [1.807, 2.05) is 67.9 Å².